The quantitative estimate of drug-likeness (QED) is 0.795. The molecule has 0 unspecified atom stereocenters. The third-order valence-electron chi connectivity index (χ3n) is 2.28. The Balaban J connectivity index is 2.47. The van der Waals surface area contributed by atoms with Crippen LogP contribution in [0.15, 0.2) is 18.3 Å². The standard InChI is InChI=1S/C12H22N4/c1-12(2,9-16(3)4)8-15-11-6-5-10(13)7-14-11/h5-7H,8-9,13H2,1-4H3,(H,14,15). The van der Waals surface area contributed by atoms with Crippen molar-refractivity contribution in [3.8, 4) is 0 Å². The number of nitrogens with two attached hydrogens (primary N) is 1. The first-order valence-electron chi connectivity index (χ1n) is 5.49. The average molecular weight is 222 g/mol. The molecule has 90 valence electrons. The van der Waals surface area contributed by atoms with E-state index >= 15 is 0 Å². The fourth-order valence-corrected chi connectivity index (χ4v) is 1.75. The molecule has 0 saturated carbocycles. The lowest BCUT2D eigenvalue weighted by Gasteiger charge is -2.28. The number of nitrogens with one attached hydrogen (secondary N) is 1. The predicted octanol–water partition coefficient (Wildman–Crippen LogP) is 1.66. The summed E-state index contributed by atoms with van der Waals surface area (Å²) in [6.07, 6.45) is 1.67. The molecule has 3 N–H and O–H groups in total. The van der Waals surface area contributed by atoms with E-state index in [1.165, 1.54) is 0 Å². The molecule has 0 spiro atoms. The van der Waals surface area contributed by atoms with Gasteiger partial charge in [-0.15, -0.1) is 0 Å². The minimum Gasteiger partial charge on any atom is -0.397 e. The minimum absolute atomic E-state index is 0.215. The highest BCUT2D eigenvalue weighted by Gasteiger charge is 2.18. The Bertz CT molecular complexity index is 316. The molecule has 0 amide bonds. The van der Waals surface area contributed by atoms with E-state index in [-0.39, 0.29) is 5.41 Å². The van der Waals surface area contributed by atoms with Crippen LogP contribution in [0.3, 0.4) is 0 Å². The van der Waals surface area contributed by atoms with Gasteiger partial charge < -0.3 is 16.0 Å². The number of hydrogen-bond acceptors (Lipinski definition) is 4. The molecular formula is C12H22N4. The van der Waals surface area contributed by atoms with Gasteiger partial charge in [-0.1, -0.05) is 13.8 Å². The van der Waals surface area contributed by atoms with E-state index in [9.17, 15) is 0 Å². The van der Waals surface area contributed by atoms with Crippen LogP contribution in [0.5, 0.6) is 0 Å². The summed E-state index contributed by atoms with van der Waals surface area (Å²) >= 11 is 0. The molecule has 0 aliphatic carbocycles. The first-order chi connectivity index (χ1) is 7.39. The first-order valence-corrected chi connectivity index (χ1v) is 5.49. The average Bonchev–Trinajstić information content (AvgIpc) is 2.15. The van der Waals surface area contributed by atoms with E-state index in [0.717, 1.165) is 18.9 Å². The second-order valence-corrected chi connectivity index (χ2v) is 5.23. The maximum atomic E-state index is 5.58. The highest BCUT2D eigenvalue weighted by molar-refractivity contribution is 5.43. The second-order valence-electron chi connectivity index (χ2n) is 5.23. The van der Waals surface area contributed by atoms with Gasteiger partial charge in [-0.05, 0) is 31.6 Å². The third kappa shape index (κ3) is 4.49. The van der Waals surface area contributed by atoms with Crippen LogP contribution in [0.4, 0.5) is 11.5 Å². The lowest BCUT2D eigenvalue weighted by molar-refractivity contribution is 0.254. The first kappa shape index (κ1) is 12.8. The van der Waals surface area contributed by atoms with Gasteiger partial charge in [0.1, 0.15) is 5.82 Å². The van der Waals surface area contributed by atoms with Crippen molar-refractivity contribution >= 4 is 11.5 Å². The molecule has 0 bridgehead atoms. The van der Waals surface area contributed by atoms with Crippen molar-refractivity contribution in [2.75, 3.05) is 38.2 Å². The maximum absolute atomic E-state index is 5.58. The molecule has 0 fully saturated rings. The Morgan fingerprint density at radius 2 is 2.06 bits per heavy atom. The summed E-state index contributed by atoms with van der Waals surface area (Å²) in [4.78, 5) is 6.40. The van der Waals surface area contributed by atoms with E-state index in [2.05, 4.69) is 43.1 Å². The van der Waals surface area contributed by atoms with Gasteiger partial charge in [0.2, 0.25) is 0 Å². The monoisotopic (exact) mass is 222 g/mol. The molecule has 1 heterocycles. The molecule has 0 saturated heterocycles. The summed E-state index contributed by atoms with van der Waals surface area (Å²) in [5.74, 6) is 0.876. The molecule has 4 nitrogen and oxygen atoms in total. The Hall–Kier alpha value is -1.29. The molecular weight excluding hydrogens is 200 g/mol. The van der Waals surface area contributed by atoms with Gasteiger partial charge in [0.25, 0.3) is 0 Å². The smallest absolute Gasteiger partial charge is 0.126 e. The van der Waals surface area contributed by atoms with Crippen LogP contribution < -0.4 is 11.1 Å². The van der Waals surface area contributed by atoms with Crippen molar-refractivity contribution in [2.45, 2.75) is 13.8 Å². The van der Waals surface area contributed by atoms with Crippen molar-refractivity contribution < 1.29 is 0 Å². The summed E-state index contributed by atoms with van der Waals surface area (Å²) in [6, 6.07) is 3.76. The highest BCUT2D eigenvalue weighted by atomic mass is 15.1. The SMILES string of the molecule is CN(C)CC(C)(C)CNc1ccc(N)cn1. The normalized spacial score (nSPS) is 11.8. The molecule has 0 aliphatic heterocycles. The van der Waals surface area contributed by atoms with Crippen LogP contribution in [0.1, 0.15) is 13.8 Å². The third-order valence-corrected chi connectivity index (χ3v) is 2.28. The largest absolute Gasteiger partial charge is 0.397 e. The molecule has 16 heavy (non-hydrogen) atoms. The molecule has 1 rings (SSSR count). The molecule has 0 aliphatic rings. The van der Waals surface area contributed by atoms with Crippen LogP contribution in [-0.4, -0.2) is 37.1 Å². The van der Waals surface area contributed by atoms with E-state index in [1.807, 2.05) is 12.1 Å². The Morgan fingerprint density at radius 1 is 1.38 bits per heavy atom. The number of nitrogen functional groups attached to an aromatic ring is 1. The van der Waals surface area contributed by atoms with Gasteiger partial charge >= 0.3 is 0 Å². The zero-order valence-electron chi connectivity index (χ0n) is 10.6. The van der Waals surface area contributed by atoms with Gasteiger partial charge in [0, 0.05) is 13.1 Å². The van der Waals surface area contributed by atoms with Crippen LogP contribution in [-0.2, 0) is 0 Å². The van der Waals surface area contributed by atoms with Gasteiger partial charge in [-0.3, -0.25) is 0 Å². The van der Waals surface area contributed by atoms with Gasteiger partial charge in [0.05, 0.1) is 11.9 Å². The summed E-state index contributed by atoms with van der Waals surface area (Å²) in [5, 5.41) is 3.32. The number of pyridine rings is 1. The van der Waals surface area contributed by atoms with Crippen molar-refractivity contribution in [2.24, 2.45) is 5.41 Å². The zero-order valence-corrected chi connectivity index (χ0v) is 10.6. The minimum atomic E-state index is 0.215. The highest BCUT2D eigenvalue weighted by Crippen LogP contribution is 2.17. The van der Waals surface area contributed by atoms with Gasteiger partial charge in [0.15, 0.2) is 0 Å². The lowest BCUT2D eigenvalue weighted by Crippen LogP contribution is -2.34. The van der Waals surface area contributed by atoms with Crippen LogP contribution in [0, 0.1) is 5.41 Å². The van der Waals surface area contributed by atoms with E-state index in [1.54, 1.807) is 6.20 Å². The Kier molecular flexibility index (Phi) is 4.12. The van der Waals surface area contributed by atoms with E-state index < -0.39 is 0 Å². The Labute approximate surface area is 97.9 Å². The topological polar surface area (TPSA) is 54.2 Å². The van der Waals surface area contributed by atoms with Crippen molar-refractivity contribution in [3.05, 3.63) is 18.3 Å². The summed E-state index contributed by atoms with van der Waals surface area (Å²) in [7, 11) is 4.17. The number of hydrogen-bond donors (Lipinski definition) is 2. The van der Waals surface area contributed by atoms with Crippen molar-refractivity contribution in [3.63, 3.8) is 0 Å². The van der Waals surface area contributed by atoms with Gasteiger partial charge in [-0.25, -0.2) is 4.98 Å². The fourth-order valence-electron chi connectivity index (χ4n) is 1.75. The summed E-state index contributed by atoms with van der Waals surface area (Å²) in [6.45, 7) is 6.39. The van der Waals surface area contributed by atoms with Crippen molar-refractivity contribution in [1.82, 2.24) is 9.88 Å². The molecule has 0 aromatic carbocycles. The maximum Gasteiger partial charge on any atom is 0.126 e. The van der Waals surface area contributed by atoms with Gasteiger partial charge in [-0.2, -0.15) is 0 Å². The number of aromatic nitrogens is 1. The number of nitrogens with zero attached hydrogens (tertiary/aromatic N) is 2. The number of rotatable bonds is 5. The molecule has 1 aromatic heterocycles. The molecule has 4 heteroatoms. The van der Waals surface area contributed by atoms with Crippen molar-refractivity contribution in [1.29, 1.82) is 0 Å². The fraction of sp³-hybridized carbons (Fsp3) is 0.583. The van der Waals surface area contributed by atoms with Crippen LogP contribution in [0.25, 0.3) is 0 Å². The molecule has 1 aromatic rings. The van der Waals surface area contributed by atoms with E-state index in [0.29, 0.717) is 5.69 Å². The second kappa shape index (κ2) is 5.16. The zero-order chi connectivity index (χ0) is 12.2. The number of anilines is 2. The summed E-state index contributed by atoms with van der Waals surface area (Å²) < 4.78 is 0. The van der Waals surface area contributed by atoms with E-state index in [4.69, 9.17) is 5.73 Å². The van der Waals surface area contributed by atoms with Crippen LogP contribution >= 0.6 is 0 Å². The Morgan fingerprint density at radius 3 is 2.56 bits per heavy atom. The predicted molar refractivity (Wildman–Crippen MR) is 69.5 cm³/mol. The van der Waals surface area contributed by atoms with Crippen LogP contribution in [0.2, 0.25) is 0 Å². The summed E-state index contributed by atoms with van der Waals surface area (Å²) in [5.41, 5.74) is 6.49. The molecule has 0 radical (unpaired) electrons. The lowest BCUT2D eigenvalue weighted by atomic mass is 9.93. The molecule has 0 atom stereocenters.